The first-order valence-corrected chi connectivity index (χ1v) is 8.24. The van der Waals surface area contributed by atoms with Crippen molar-refractivity contribution in [1.29, 1.82) is 0 Å². The summed E-state index contributed by atoms with van der Waals surface area (Å²) in [6.07, 6.45) is 5.14. The summed E-state index contributed by atoms with van der Waals surface area (Å²) in [6, 6.07) is 7.05. The van der Waals surface area contributed by atoms with Crippen LogP contribution in [0.4, 0.5) is 0 Å². The third-order valence-electron chi connectivity index (χ3n) is 4.34. The summed E-state index contributed by atoms with van der Waals surface area (Å²) in [7, 11) is 0. The molecule has 1 fully saturated rings. The van der Waals surface area contributed by atoms with Gasteiger partial charge in [0.1, 0.15) is 23.8 Å². The predicted octanol–water partition coefficient (Wildman–Crippen LogP) is 2.82. The number of benzene rings is 1. The molecule has 2 aromatic rings. The van der Waals surface area contributed by atoms with Gasteiger partial charge in [0.25, 0.3) is 0 Å². The quantitative estimate of drug-likeness (QED) is 0.763. The molecule has 3 rings (SSSR count). The van der Waals surface area contributed by atoms with E-state index >= 15 is 0 Å². The number of rotatable bonds is 6. The highest BCUT2D eigenvalue weighted by molar-refractivity contribution is 5.94. The Kier molecular flexibility index (Phi) is 5.03. The number of carbonyl (C=O) groups excluding carboxylic acids is 2. The minimum absolute atomic E-state index is 0.0360. The Morgan fingerprint density at radius 3 is 2.62 bits per heavy atom. The lowest BCUT2D eigenvalue weighted by Gasteiger charge is -2.20. The lowest BCUT2D eigenvalue weighted by molar-refractivity contribution is -0.121. The van der Waals surface area contributed by atoms with Gasteiger partial charge in [-0.1, -0.05) is 5.21 Å². The second kappa shape index (κ2) is 7.38. The molecular weight excluding hydrogens is 306 g/mol. The molecule has 1 saturated carbocycles. The van der Waals surface area contributed by atoms with Crippen molar-refractivity contribution in [3.8, 4) is 5.75 Å². The van der Waals surface area contributed by atoms with Crippen molar-refractivity contribution in [2.45, 2.75) is 45.8 Å². The molecular formula is C18H21N3O3. The van der Waals surface area contributed by atoms with Crippen LogP contribution in [0, 0.1) is 5.92 Å². The van der Waals surface area contributed by atoms with Gasteiger partial charge < -0.3 is 4.74 Å². The first kappa shape index (κ1) is 16.4. The molecule has 1 heterocycles. The third kappa shape index (κ3) is 4.28. The van der Waals surface area contributed by atoms with E-state index in [9.17, 15) is 9.59 Å². The minimum atomic E-state index is 0.0360. The molecule has 24 heavy (non-hydrogen) atoms. The number of Topliss-reactive ketones (excluding diaryl/α,β-unsaturated/α-hetero) is 2. The van der Waals surface area contributed by atoms with Crippen molar-refractivity contribution in [3.63, 3.8) is 0 Å². The fourth-order valence-electron chi connectivity index (χ4n) is 2.88. The Labute approximate surface area is 140 Å². The Morgan fingerprint density at radius 1 is 1.25 bits per heavy atom. The van der Waals surface area contributed by atoms with Crippen molar-refractivity contribution >= 4 is 11.6 Å². The van der Waals surface area contributed by atoms with Gasteiger partial charge in [-0.05, 0) is 49.9 Å². The second-order valence-corrected chi connectivity index (χ2v) is 6.28. The van der Waals surface area contributed by atoms with Crippen LogP contribution in [0.2, 0.25) is 0 Å². The molecule has 0 bridgehead atoms. The Hall–Kier alpha value is -2.50. The van der Waals surface area contributed by atoms with E-state index in [4.69, 9.17) is 4.74 Å². The zero-order chi connectivity index (χ0) is 16.9. The first-order valence-electron chi connectivity index (χ1n) is 8.24. The van der Waals surface area contributed by atoms with Crippen LogP contribution in [-0.2, 0) is 17.9 Å². The Balaban J connectivity index is 1.50. The summed E-state index contributed by atoms with van der Waals surface area (Å²) in [5.74, 6) is 1.60. The van der Waals surface area contributed by atoms with E-state index in [0.29, 0.717) is 42.5 Å². The van der Waals surface area contributed by atoms with Gasteiger partial charge in [-0.2, -0.15) is 0 Å². The highest BCUT2D eigenvalue weighted by atomic mass is 16.5. The van der Waals surface area contributed by atoms with Gasteiger partial charge in [-0.3, -0.25) is 14.3 Å². The highest BCUT2D eigenvalue weighted by Crippen LogP contribution is 2.22. The normalized spacial score (nSPS) is 15.5. The second-order valence-electron chi connectivity index (χ2n) is 6.28. The van der Waals surface area contributed by atoms with Gasteiger partial charge in [0.2, 0.25) is 0 Å². The lowest BCUT2D eigenvalue weighted by atomic mass is 9.88. The first-order chi connectivity index (χ1) is 11.6. The lowest BCUT2D eigenvalue weighted by Crippen LogP contribution is -2.19. The molecule has 0 amide bonds. The summed E-state index contributed by atoms with van der Waals surface area (Å²) in [6.45, 7) is 2.67. The van der Waals surface area contributed by atoms with Gasteiger partial charge in [-0.15, -0.1) is 5.10 Å². The van der Waals surface area contributed by atoms with Gasteiger partial charge in [0.15, 0.2) is 5.78 Å². The van der Waals surface area contributed by atoms with E-state index in [1.165, 1.54) is 6.92 Å². The molecule has 0 atom stereocenters. The average Bonchev–Trinajstić information content (AvgIpc) is 3.03. The van der Waals surface area contributed by atoms with Crippen molar-refractivity contribution in [2.24, 2.45) is 5.92 Å². The number of aromatic nitrogens is 3. The van der Waals surface area contributed by atoms with Crippen molar-refractivity contribution < 1.29 is 14.3 Å². The number of carbonyl (C=O) groups is 2. The Morgan fingerprint density at radius 2 is 1.96 bits per heavy atom. The average molecular weight is 327 g/mol. The summed E-state index contributed by atoms with van der Waals surface area (Å²) >= 11 is 0. The molecule has 1 aliphatic carbocycles. The maximum atomic E-state index is 11.3. The van der Waals surface area contributed by atoms with Crippen LogP contribution < -0.4 is 4.74 Å². The zero-order valence-electron chi connectivity index (χ0n) is 13.8. The van der Waals surface area contributed by atoms with E-state index in [-0.39, 0.29) is 5.78 Å². The molecule has 6 heteroatoms. The van der Waals surface area contributed by atoms with Crippen LogP contribution in [0.3, 0.4) is 0 Å². The third-order valence-corrected chi connectivity index (χ3v) is 4.34. The maximum Gasteiger partial charge on any atom is 0.159 e. The molecule has 1 aromatic heterocycles. The summed E-state index contributed by atoms with van der Waals surface area (Å²) in [5.41, 5.74) is 1.43. The fourth-order valence-corrected chi connectivity index (χ4v) is 2.88. The number of ketones is 2. The summed E-state index contributed by atoms with van der Waals surface area (Å²) in [4.78, 5) is 22.5. The van der Waals surface area contributed by atoms with Crippen LogP contribution >= 0.6 is 0 Å². The Bertz CT molecular complexity index is 711. The maximum absolute atomic E-state index is 11.3. The number of hydrogen-bond acceptors (Lipinski definition) is 5. The van der Waals surface area contributed by atoms with Crippen LogP contribution in [0.5, 0.6) is 5.75 Å². The minimum Gasteiger partial charge on any atom is -0.487 e. The molecule has 1 aliphatic rings. The van der Waals surface area contributed by atoms with Crippen LogP contribution in [0.25, 0.3) is 0 Å². The molecule has 0 aliphatic heterocycles. The largest absolute Gasteiger partial charge is 0.487 e. The molecule has 126 valence electrons. The SMILES string of the molecule is CC(=O)c1ccc(OCc2cn(CC3CCC(=O)CC3)nn2)cc1. The molecule has 0 N–H and O–H groups in total. The van der Waals surface area contributed by atoms with Crippen molar-refractivity contribution in [3.05, 3.63) is 41.7 Å². The van der Waals surface area contributed by atoms with Crippen molar-refractivity contribution in [1.82, 2.24) is 15.0 Å². The molecule has 0 spiro atoms. The summed E-state index contributed by atoms with van der Waals surface area (Å²) in [5, 5.41) is 8.26. The number of nitrogens with zero attached hydrogens (tertiary/aromatic N) is 3. The van der Waals surface area contributed by atoms with Crippen molar-refractivity contribution in [2.75, 3.05) is 0 Å². The van der Waals surface area contributed by atoms with Gasteiger partial charge >= 0.3 is 0 Å². The standard InChI is InChI=1S/C18H21N3O3/c1-13(22)15-4-8-18(9-5-15)24-12-16-11-21(20-19-16)10-14-2-6-17(23)7-3-14/h4-5,8-9,11,14H,2-3,6-7,10,12H2,1H3. The van der Waals surface area contributed by atoms with Crippen LogP contribution in [0.1, 0.15) is 48.7 Å². The highest BCUT2D eigenvalue weighted by Gasteiger charge is 2.19. The van der Waals surface area contributed by atoms with E-state index in [1.807, 2.05) is 10.9 Å². The van der Waals surface area contributed by atoms with E-state index in [0.717, 1.165) is 25.1 Å². The van der Waals surface area contributed by atoms with Crippen LogP contribution in [-0.4, -0.2) is 26.6 Å². The number of ether oxygens (including phenoxy) is 1. The smallest absolute Gasteiger partial charge is 0.159 e. The fraction of sp³-hybridized carbons (Fsp3) is 0.444. The molecule has 0 unspecified atom stereocenters. The summed E-state index contributed by atoms with van der Waals surface area (Å²) < 4.78 is 7.50. The monoisotopic (exact) mass is 327 g/mol. The zero-order valence-corrected chi connectivity index (χ0v) is 13.8. The van der Waals surface area contributed by atoms with Gasteiger partial charge in [-0.25, -0.2) is 0 Å². The molecule has 1 aromatic carbocycles. The van der Waals surface area contributed by atoms with E-state index < -0.39 is 0 Å². The van der Waals surface area contributed by atoms with E-state index in [2.05, 4.69) is 10.3 Å². The van der Waals surface area contributed by atoms with Gasteiger partial charge in [0, 0.05) is 24.9 Å². The van der Waals surface area contributed by atoms with E-state index in [1.54, 1.807) is 24.3 Å². The molecule has 0 saturated heterocycles. The number of hydrogen-bond donors (Lipinski definition) is 0. The predicted molar refractivity (Wildman–Crippen MR) is 87.8 cm³/mol. The van der Waals surface area contributed by atoms with Gasteiger partial charge in [0.05, 0.1) is 6.20 Å². The molecule has 0 radical (unpaired) electrons. The topological polar surface area (TPSA) is 74.1 Å². The van der Waals surface area contributed by atoms with Crippen LogP contribution in [0.15, 0.2) is 30.5 Å². The molecule has 6 nitrogen and oxygen atoms in total.